The van der Waals surface area contributed by atoms with E-state index >= 15 is 0 Å². The maximum absolute atomic E-state index is 12.9. The molecule has 0 radical (unpaired) electrons. The second kappa shape index (κ2) is 9.75. The number of likely N-dealkylation sites (N-methyl/N-ethyl adjacent to an activating group) is 1. The molecule has 1 saturated carbocycles. The molecule has 1 aliphatic heterocycles. The topological polar surface area (TPSA) is 35.6 Å². The first-order valence-electron chi connectivity index (χ1n) is 10.5. The molecule has 156 valence electrons. The number of halogens is 1. The molecule has 1 saturated heterocycles. The Morgan fingerprint density at radius 2 is 1.52 bits per heavy atom. The van der Waals surface area contributed by atoms with Gasteiger partial charge in [-0.3, -0.25) is 4.79 Å². The zero-order valence-electron chi connectivity index (χ0n) is 17.2. The minimum absolute atomic E-state index is 0. The van der Waals surface area contributed by atoms with Gasteiger partial charge in [0.2, 0.25) is 5.91 Å². The summed E-state index contributed by atoms with van der Waals surface area (Å²) in [6, 6.07) is 21.0. The monoisotopic (exact) mass is 413 g/mol. The second-order valence-electron chi connectivity index (χ2n) is 8.25. The van der Waals surface area contributed by atoms with Crippen LogP contribution in [-0.2, 0) is 10.2 Å². The number of rotatable bonds is 7. The van der Waals surface area contributed by atoms with Gasteiger partial charge in [-0.1, -0.05) is 60.7 Å². The highest BCUT2D eigenvalue weighted by molar-refractivity contribution is 5.86. The molecular formula is C24H32ClN3O. The third-order valence-electron chi connectivity index (χ3n) is 6.40. The van der Waals surface area contributed by atoms with E-state index in [1.807, 2.05) is 12.1 Å². The predicted molar refractivity (Wildman–Crippen MR) is 121 cm³/mol. The Labute approximate surface area is 180 Å². The molecule has 1 N–H and O–H groups in total. The van der Waals surface area contributed by atoms with Crippen molar-refractivity contribution in [3.63, 3.8) is 0 Å². The van der Waals surface area contributed by atoms with Crippen LogP contribution in [0.5, 0.6) is 0 Å². The van der Waals surface area contributed by atoms with E-state index in [9.17, 15) is 4.79 Å². The van der Waals surface area contributed by atoms with Crippen molar-refractivity contribution in [2.75, 3.05) is 46.3 Å². The lowest BCUT2D eigenvalue weighted by Crippen LogP contribution is -2.45. The van der Waals surface area contributed by atoms with Crippen LogP contribution < -0.4 is 5.32 Å². The third-order valence-corrected chi connectivity index (χ3v) is 6.40. The maximum Gasteiger partial charge on any atom is 0.224 e. The first-order valence-corrected chi connectivity index (χ1v) is 10.5. The van der Waals surface area contributed by atoms with E-state index in [0.717, 1.165) is 52.1 Å². The number of carbonyl (C=O) groups is 1. The number of carbonyl (C=O) groups excluding carboxylic acids is 1. The van der Waals surface area contributed by atoms with Crippen LogP contribution in [0.3, 0.4) is 0 Å². The first-order chi connectivity index (χ1) is 13.7. The third kappa shape index (κ3) is 4.82. The van der Waals surface area contributed by atoms with E-state index in [-0.39, 0.29) is 29.6 Å². The van der Waals surface area contributed by atoms with Crippen molar-refractivity contribution < 1.29 is 4.79 Å². The standard InChI is InChI=1S/C24H31N3O.ClH/c1-26-15-17-27(18-16-26)14-8-13-25-23(28)22-19-24(22,20-9-4-2-5-10-20)21-11-6-3-7-12-21;/h2-7,9-12,22H,8,13-19H2,1H3,(H,25,28);1H. The smallest absolute Gasteiger partial charge is 0.224 e. The summed E-state index contributed by atoms with van der Waals surface area (Å²) in [6.45, 7) is 6.40. The van der Waals surface area contributed by atoms with Crippen LogP contribution in [0, 0.1) is 5.92 Å². The average molecular weight is 414 g/mol. The molecule has 2 aromatic carbocycles. The number of hydrogen-bond donors (Lipinski definition) is 1. The summed E-state index contributed by atoms with van der Waals surface area (Å²) in [7, 11) is 2.18. The van der Waals surface area contributed by atoms with Crippen LogP contribution in [0.15, 0.2) is 60.7 Å². The summed E-state index contributed by atoms with van der Waals surface area (Å²) in [6.07, 6.45) is 1.91. The van der Waals surface area contributed by atoms with Gasteiger partial charge in [-0.25, -0.2) is 0 Å². The Morgan fingerprint density at radius 3 is 2.07 bits per heavy atom. The Bertz CT molecular complexity index is 736. The molecule has 2 aliphatic rings. The number of hydrogen-bond acceptors (Lipinski definition) is 3. The molecule has 1 heterocycles. The largest absolute Gasteiger partial charge is 0.356 e. The van der Waals surface area contributed by atoms with E-state index < -0.39 is 0 Å². The fraction of sp³-hybridized carbons (Fsp3) is 0.458. The SMILES string of the molecule is CN1CCN(CCCNC(=O)C2CC2(c2ccccc2)c2ccccc2)CC1.Cl. The van der Waals surface area contributed by atoms with Gasteiger partial charge in [0.05, 0.1) is 5.92 Å². The van der Waals surface area contributed by atoms with Crippen molar-refractivity contribution in [1.82, 2.24) is 15.1 Å². The fourth-order valence-corrected chi connectivity index (χ4v) is 4.56. The summed E-state index contributed by atoms with van der Waals surface area (Å²) in [5, 5.41) is 3.21. The quantitative estimate of drug-likeness (QED) is 0.708. The summed E-state index contributed by atoms with van der Waals surface area (Å²) in [5.41, 5.74) is 2.34. The van der Waals surface area contributed by atoms with Crippen LogP contribution in [0.25, 0.3) is 0 Å². The van der Waals surface area contributed by atoms with Gasteiger partial charge in [-0.05, 0) is 37.6 Å². The molecule has 4 rings (SSSR count). The van der Waals surface area contributed by atoms with Gasteiger partial charge in [0, 0.05) is 38.1 Å². The van der Waals surface area contributed by atoms with Gasteiger partial charge in [0.25, 0.3) is 0 Å². The normalized spacial score (nSPS) is 21.2. The summed E-state index contributed by atoms with van der Waals surface area (Å²) in [4.78, 5) is 17.8. The van der Waals surface area contributed by atoms with Crippen LogP contribution in [0.4, 0.5) is 0 Å². The van der Waals surface area contributed by atoms with Crippen molar-refractivity contribution in [3.8, 4) is 0 Å². The number of nitrogens with one attached hydrogen (secondary N) is 1. The molecule has 5 heteroatoms. The average Bonchev–Trinajstić information content (AvgIpc) is 3.51. The number of nitrogens with zero attached hydrogens (tertiary/aromatic N) is 2. The van der Waals surface area contributed by atoms with Crippen molar-refractivity contribution in [1.29, 1.82) is 0 Å². The number of benzene rings is 2. The molecular weight excluding hydrogens is 382 g/mol. The molecule has 0 aromatic heterocycles. The fourth-order valence-electron chi connectivity index (χ4n) is 4.56. The van der Waals surface area contributed by atoms with E-state index in [1.165, 1.54) is 11.1 Å². The highest BCUT2D eigenvalue weighted by atomic mass is 35.5. The Kier molecular flexibility index (Phi) is 7.33. The van der Waals surface area contributed by atoms with E-state index in [2.05, 4.69) is 70.7 Å². The first kappa shape index (κ1) is 21.8. The lowest BCUT2D eigenvalue weighted by molar-refractivity contribution is -0.122. The van der Waals surface area contributed by atoms with E-state index in [0.29, 0.717) is 0 Å². The van der Waals surface area contributed by atoms with Gasteiger partial charge >= 0.3 is 0 Å². The van der Waals surface area contributed by atoms with Crippen molar-refractivity contribution in [3.05, 3.63) is 71.8 Å². The zero-order chi connectivity index (χ0) is 19.4. The summed E-state index contributed by atoms with van der Waals surface area (Å²) in [5.74, 6) is 0.229. The van der Waals surface area contributed by atoms with E-state index in [4.69, 9.17) is 0 Å². The molecule has 2 aromatic rings. The van der Waals surface area contributed by atoms with Crippen molar-refractivity contribution in [2.45, 2.75) is 18.3 Å². The van der Waals surface area contributed by atoms with Crippen molar-refractivity contribution in [2.24, 2.45) is 5.92 Å². The van der Waals surface area contributed by atoms with Crippen LogP contribution in [0.1, 0.15) is 24.0 Å². The van der Waals surface area contributed by atoms with Crippen molar-refractivity contribution >= 4 is 18.3 Å². The van der Waals surface area contributed by atoms with Gasteiger partial charge in [-0.15, -0.1) is 12.4 Å². The zero-order valence-corrected chi connectivity index (χ0v) is 18.0. The Hall–Kier alpha value is -1.88. The predicted octanol–water partition coefficient (Wildman–Crippen LogP) is 3.17. The molecule has 0 bridgehead atoms. The maximum atomic E-state index is 12.9. The second-order valence-corrected chi connectivity index (χ2v) is 8.25. The molecule has 1 aliphatic carbocycles. The molecule has 4 nitrogen and oxygen atoms in total. The van der Waals surface area contributed by atoms with Gasteiger partial charge in [0.1, 0.15) is 0 Å². The highest BCUT2D eigenvalue weighted by Crippen LogP contribution is 2.58. The minimum atomic E-state index is -0.163. The van der Waals surface area contributed by atoms with Crippen LogP contribution in [0.2, 0.25) is 0 Å². The number of piperazine rings is 1. The number of amides is 1. The molecule has 0 spiro atoms. The molecule has 1 atom stereocenters. The van der Waals surface area contributed by atoms with Gasteiger partial charge < -0.3 is 15.1 Å². The Balaban J connectivity index is 0.00000240. The van der Waals surface area contributed by atoms with Gasteiger partial charge in [0.15, 0.2) is 0 Å². The molecule has 2 fully saturated rings. The molecule has 1 unspecified atom stereocenters. The highest BCUT2D eigenvalue weighted by Gasteiger charge is 2.59. The lowest BCUT2D eigenvalue weighted by Gasteiger charge is -2.32. The minimum Gasteiger partial charge on any atom is -0.356 e. The summed E-state index contributed by atoms with van der Waals surface area (Å²) >= 11 is 0. The summed E-state index contributed by atoms with van der Waals surface area (Å²) < 4.78 is 0. The lowest BCUT2D eigenvalue weighted by atomic mass is 9.85. The van der Waals surface area contributed by atoms with E-state index in [1.54, 1.807) is 0 Å². The van der Waals surface area contributed by atoms with Gasteiger partial charge in [-0.2, -0.15) is 0 Å². The molecule has 29 heavy (non-hydrogen) atoms. The van der Waals surface area contributed by atoms with Crippen LogP contribution >= 0.6 is 12.4 Å². The Morgan fingerprint density at radius 1 is 0.966 bits per heavy atom. The van der Waals surface area contributed by atoms with Crippen LogP contribution in [-0.4, -0.2) is 62.0 Å². The molecule has 1 amide bonds.